The lowest BCUT2D eigenvalue weighted by Crippen LogP contribution is -2.09. The van der Waals surface area contributed by atoms with Crippen LogP contribution in [0.5, 0.6) is 0 Å². The highest BCUT2D eigenvalue weighted by Gasteiger charge is 2.13. The second-order valence-electron chi connectivity index (χ2n) is 4.57. The molecule has 3 N–H and O–H groups in total. The summed E-state index contributed by atoms with van der Waals surface area (Å²) in [5, 5.41) is 3.82. The zero-order valence-corrected chi connectivity index (χ0v) is 12.5. The van der Waals surface area contributed by atoms with E-state index in [0.717, 1.165) is 12.1 Å². The van der Waals surface area contributed by atoms with Crippen LogP contribution in [0.25, 0.3) is 0 Å². The molecule has 0 bridgehead atoms. The molecule has 21 heavy (non-hydrogen) atoms. The van der Waals surface area contributed by atoms with Gasteiger partial charge in [0.05, 0.1) is 17.9 Å². The summed E-state index contributed by atoms with van der Waals surface area (Å²) < 4.78 is 5.17. The van der Waals surface area contributed by atoms with Gasteiger partial charge in [0, 0.05) is 16.4 Å². The Morgan fingerprint density at radius 1 is 1.24 bits per heavy atom. The molecule has 2 aromatic carbocycles. The van der Waals surface area contributed by atoms with Gasteiger partial charge in [-0.25, -0.2) is 4.79 Å². The molecule has 0 spiro atoms. The largest absolute Gasteiger partial charge is 0.462 e. The normalized spacial score (nSPS) is 10.2. The van der Waals surface area contributed by atoms with Gasteiger partial charge in [-0.2, -0.15) is 0 Å². The number of nitrogens with one attached hydrogen (secondary N) is 1. The molecule has 0 aliphatic rings. The standard InChI is InChI=1S/C16H17ClN2O2/c1-2-9-21-16(20)14-10-12(18)5-8-15(14)19-13-6-3-11(17)4-7-13/h3-8,10,19H,2,9,18H2,1H3. The molecule has 0 aliphatic heterocycles. The summed E-state index contributed by atoms with van der Waals surface area (Å²) in [4.78, 5) is 12.1. The van der Waals surface area contributed by atoms with E-state index in [-0.39, 0.29) is 5.97 Å². The second kappa shape index (κ2) is 6.99. The Morgan fingerprint density at radius 3 is 2.62 bits per heavy atom. The Hall–Kier alpha value is -2.20. The van der Waals surface area contributed by atoms with Crippen LogP contribution in [0.15, 0.2) is 42.5 Å². The van der Waals surface area contributed by atoms with E-state index in [9.17, 15) is 4.79 Å². The predicted octanol–water partition coefficient (Wildman–Crippen LogP) is 4.23. The van der Waals surface area contributed by atoms with Gasteiger partial charge in [0.25, 0.3) is 0 Å². The lowest BCUT2D eigenvalue weighted by molar-refractivity contribution is 0.0506. The number of carbonyl (C=O) groups is 1. The molecular weight excluding hydrogens is 288 g/mol. The molecule has 0 heterocycles. The van der Waals surface area contributed by atoms with Crippen molar-refractivity contribution in [1.29, 1.82) is 0 Å². The van der Waals surface area contributed by atoms with Gasteiger partial charge in [-0.1, -0.05) is 18.5 Å². The molecule has 0 saturated carbocycles. The SMILES string of the molecule is CCCOC(=O)c1cc(N)ccc1Nc1ccc(Cl)cc1. The van der Waals surface area contributed by atoms with Crippen LogP contribution in [-0.2, 0) is 4.74 Å². The molecule has 5 heteroatoms. The smallest absolute Gasteiger partial charge is 0.340 e. The number of carbonyl (C=O) groups excluding carboxylic acids is 1. The highest BCUT2D eigenvalue weighted by atomic mass is 35.5. The van der Waals surface area contributed by atoms with Crippen LogP contribution in [0.1, 0.15) is 23.7 Å². The van der Waals surface area contributed by atoms with E-state index in [4.69, 9.17) is 22.1 Å². The van der Waals surface area contributed by atoms with Crippen LogP contribution in [-0.4, -0.2) is 12.6 Å². The van der Waals surface area contributed by atoms with Crippen LogP contribution in [0, 0.1) is 0 Å². The third-order valence-corrected chi connectivity index (χ3v) is 3.08. The van der Waals surface area contributed by atoms with Crippen molar-refractivity contribution in [2.75, 3.05) is 17.7 Å². The topological polar surface area (TPSA) is 64.3 Å². The summed E-state index contributed by atoms with van der Waals surface area (Å²) >= 11 is 5.86. The molecule has 0 atom stereocenters. The second-order valence-corrected chi connectivity index (χ2v) is 5.01. The lowest BCUT2D eigenvalue weighted by atomic mass is 10.1. The maximum atomic E-state index is 12.1. The number of rotatable bonds is 5. The number of hydrogen-bond acceptors (Lipinski definition) is 4. The number of nitrogens with two attached hydrogens (primary N) is 1. The zero-order valence-electron chi connectivity index (χ0n) is 11.7. The van der Waals surface area contributed by atoms with E-state index < -0.39 is 0 Å². The van der Waals surface area contributed by atoms with E-state index in [1.54, 1.807) is 30.3 Å². The Morgan fingerprint density at radius 2 is 1.95 bits per heavy atom. The molecule has 0 unspecified atom stereocenters. The summed E-state index contributed by atoms with van der Waals surface area (Å²) in [6.07, 6.45) is 0.772. The fourth-order valence-corrected chi connectivity index (χ4v) is 1.93. The molecule has 0 saturated heterocycles. The van der Waals surface area contributed by atoms with Crippen molar-refractivity contribution in [3.05, 3.63) is 53.1 Å². The zero-order chi connectivity index (χ0) is 15.2. The number of anilines is 3. The van der Waals surface area contributed by atoms with Crippen molar-refractivity contribution in [2.45, 2.75) is 13.3 Å². The minimum absolute atomic E-state index is 0.383. The highest BCUT2D eigenvalue weighted by molar-refractivity contribution is 6.30. The van der Waals surface area contributed by atoms with Gasteiger partial charge in [-0.15, -0.1) is 0 Å². The Kier molecular flexibility index (Phi) is 5.06. The van der Waals surface area contributed by atoms with Crippen LogP contribution in [0.4, 0.5) is 17.1 Å². The summed E-state index contributed by atoms with van der Waals surface area (Å²) in [7, 11) is 0. The van der Waals surface area contributed by atoms with E-state index >= 15 is 0 Å². The first kappa shape index (κ1) is 15.2. The number of hydrogen-bond donors (Lipinski definition) is 2. The molecule has 0 aliphatic carbocycles. The van der Waals surface area contributed by atoms with Crippen molar-refractivity contribution >= 4 is 34.6 Å². The van der Waals surface area contributed by atoms with Crippen LogP contribution in [0.3, 0.4) is 0 Å². The maximum absolute atomic E-state index is 12.1. The summed E-state index contributed by atoms with van der Waals surface area (Å²) in [5.41, 5.74) is 8.16. The number of ether oxygens (including phenoxy) is 1. The van der Waals surface area contributed by atoms with Gasteiger partial charge in [0.2, 0.25) is 0 Å². The molecular formula is C16H17ClN2O2. The molecule has 0 aromatic heterocycles. The first-order valence-electron chi connectivity index (χ1n) is 6.69. The molecule has 2 aromatic rings. The Balaban J connectivity index is 2.26. The van der Waals surface area contributed by atoms with Gasteiger partial charge < -0.3 is 15.8 Å². The summed E-state index contributed by atoms with van der Waals surface area (Å²) in [5.74, 6) is -0.388. The van der Waals surface area contributed by atoms with Crippen molar-refractivity contribution < 1.29 is 9.53 Å². The molecule has 2 rings (SSSR count). The summed E-state index contributed by atoms with van der Waals surface area (Å²) in [6, 6.07) is 12.3. The molecule has 4 nitrogen and oxygen atoms in total. The quantitative estimate of drug-likeness (QED) is 0.641. The number of nitrogen functional groups attached to an aromatic ring is 1. The average molecular weight is 305 g/mol. The van der Waals surface area contributed by atoms with Crippen molar-refractivity contribution in [3.63, 3.8) is 0 Å². The number of esters is 1. The molecule has 0 radical (unpaired) electrons. The minimum Gasteiger partial charge on any atom is -0.462 e. The van der Waals surface area contributed by atoms with E-state index in [0.29, 0.717) is 28.6 Å². The van der Waals surface area contributed by atoms with Gasteiger partial charge >= 0.3 is 5.97 Å². The van der Waals surface area contributed by atoms with Gasteiger partial charge in [-0.3, -0.25) is 0 Å². The number of halogens is 1. The average Bonchev–Trinajstić information content (AvgIpc) is 2.49. The Bertz CT molecular complexity index is 627. The van der Waals surface area contributed by atoms with Crippen LogP contribution >= 0.6 is 11.6 Å². The first-order valence-corrected chi connectivity index (χ1v) is 7.07. The molecule has 110 valence electrons. The van der Waals surface area contributed by atoms with Crippen LogP contribution in [0.2, 0.25) is 5.02 Å². The third-order valence-electron chi connectivity index (χ3n) is 2.82. The highest BCUT2D eigenvalue weighted by Crippen LogP contribution is 2.25. The van der Waals surface area contributed by atoms with Crippen molar-refractivity contribution in [2.24, 2.45) is 0 Å². The van der Waals surface area contributed by atoms with E-state index in [1.807, 2.05) is 19.1 Å². The van der Waals surface area contributed by atoms with Crippen LogP contribution < -0.4 is 11.1 Å². The number of benzene rings is 2. The molecule has 0 amide bonds. The van der Waals surface area contributed by atoms with Crippen molar-refractivity contribution in [1.82, 2.24) is 0 Å². The Labute approximate surface area is 128 Å². The van der Waals surface area contributed by atoms with E-state index in [2.05, 4.69) is 5.32 Å². The van der Waals surface area contributed by atoms with Gasteiger partial charge in [0.1, 0.15) is 0 Å². The third kappa shape index (κ3) is 4.13. The van der Waals surface area contributed by atoms with E-state index in [1.165, 1.54) is 0 Å². The predicted molar refractivity (Wildman–Crippen MR) is 86.2 cm³/mol. The van der Waals surface area contributed by atoms with Crippen molar-refractivity contribution in [3.8, 4) is 0 Å². The first-order chi connectivity index (χ1) is 10.1. The van der Waals surface area contributed by atoms with Gasteiger partial charge in [-0.05, 0) is 48.9 Å². The van der Waals surface area contributed by atoms with Gasteiger partial charge in [0.15, 0.2) is 0 Å². The maximum Gasteiger partial charge on any atom is 0.340 e. The summed E-state index contributed by atoms with van der Waals surface area (Å²) in [6.45, 7) is 2.33. The fraction of sp³-hybridized carbons (Fsp3) is 0.188. The fourth-order valence-electron chi connectivity index (χ4n) is 1.80. The minimum atomic E-state index is -0.388. The lowest BCUT2D eigenvalue weighted by Gasteiger charge is -2.12. The molecule has 0 fully saturated rings. The monoisotopic (exact) mass is 304 g/mol.